The molecule has 2 rings (SSSR count). The van der Waals surface area contributed by atoms with E-state index in [9.17, 15) is 0 Å². The van der Waals surface area contributed by atoms with Crippen molar-refractivity contribution in [1.29, 1.82) is 0 Å². The molecule has 0 amide bonds. The van der Waals surface area contributed by atoms with E-state index < -0.39 is 0 Å². The molecular weight excluding hydrogens is 328 g/mol. The fourth-order valence-electron chi connectivity index (χ4n) is 1.72. The second-order valence-corrected chi connectivity index (χ2v) is 5.25. The van der Waals surface area contributed by atoms with Gasteiger partial charge in [0.25, 0.3) is 0 Å². The molecule has 0 saturated heterocycles. The Balaban J connectivity index is 2.26. The zero-order valence-electron chi connectivity index (χ0n) is 10.7. The summed E-state index contributed by atoms with van der Waals surface area (Å²) < 4.78 is 11.9. The number of hydrogen-bond acceptors (Lipinski definition) is 2. The Morgan fingerprint density at radius 2 is 1.84 bits per heavy atom. The summed E-state index contributed by atoms with van der Waals surface area (Å²) in [6.07, 6.45) is 0. The summed E-state index contributed by atoms with van der Waals surface area (Å²) in [5, 5.41) is 0. The quantitative estimate of drug-likeness (QED) is 0.703. The topological polar surface area (TPSA) is 18.5 Å². The van der Waals surface area contributed by atoms with E-state index in [1.165, 1.54) is 0 Å². The van der Waals surface area contributed by atoms with Crippen molar-refractivity contribution in [1.82, 2.24) is 0 Å². The third-order valence-electron chi connectivity index (χ3n) is 2.75. The first-order valence-electron chi connectivity index (χ1n) is 5.81. The summed E-state index contributed by atoms with van der Waals surface area (Å²) in [6.45, 7) is 2.00. The van der Waals surface area contributed by atoms with Gasteiger partial charge in [-0.1, -0.05) is 12.1 Å². The van der Waals surface area contributed by atoms with Gasteiger partial charge in [0.2, 0.25) is 0 Å². The summed E-state index contributed by atoms with van der Waals surface area (Å²) in [7, 11) is 1.64. The van der Waals surface area contributed by atoms with Gasteiger partial charge in [-0.15, -0.1) is 11.6 Å². The maximum Gasteiger partial charge on any atom is 0.141 e. The first-order valence-corrected chi connectivity index (χ1v) is 7.13. The number of hydrogen-bond donors (Lipinski definition) is 0. The van der Waals surface area contributed by atoms with E-state index in [4.69, 9.17) is 21.1 Å². The monoisotopic (exact) mass is 340 g/mol. The molecule has 0 unspecified atom stereocenters. The van der Waals surface area contributed by atoms with Crippen LogP contribution < -0.4 is 9.47 Å². The van der Waals surface area contributed by atoms with E-state index in [1.807, 2.05) is 43.3 Å². The fraction of sp³-hybridized carbons (Fsp3) is 0.200. The van der Waals surface area contributed by atoms with Crippen molar-refractivity contribution in [3.05, 3.63) is 52.0 Å². The number of methoxy groups -OCH3 is 1. The predicted molar refractivity (Wildman–Crippen MR) is 81.5 cm³/mol. The SMILES string of the molecule is COc1ccc(Oc2ccc(CCl)cc2C)c(Br)c1. The van der Waals surface area contributed by atoms with E-state index in [0.29, 0.717) is 5.88 Å². The molecule has 0 N–H and O–H groups in total. The zero-order valence-corrected chi connectivity index (χ0v) is 13.1. The van der Waals surface area contributed by atoms with Crippen molar-refractivity contribution in [2.24, 2.45) is 0 Å². The molecule has 0 aromatic heterocycles. The van der Waals surface area contributed by atoms with Crippen molar-refractivity contribution in [2.75, 3.05) is 7.11 Å². The molecule has 2 nitrogen and oxygen atoms in total. The highest BCUT2D eigenvalue weighted by molar-refractivity contribution is 9.10. The number of alkyl halides is 1. The van der Waals surface area contributed by atoms with Gasteiger partial charge in [0.15, 0.2) is 0 Å². The summed E-state index contributed by atoms with van der Waals surface area (Å²) >= 11 is 9.28. The van der Waals surface area contributed by atoms with E-state index in [0.717, 1.165) is 32.8 Å². The van der Waals surface area contributed by atoms with Gasteiger partial charge in [-0.05, 0) is 58.2 Å². The molecule has 0 spiro atoms. The van der Waals surface area contributed by atoms with Crippen LogP contribution in [0.1, 0.15) is 11.1 Å². The molecule has 0 heterocycles. The van der Waals surface area contributed by atoms with Crippen molar-refractivity contribution in [3.63, 3.8) is 0 Å². The second-order valence-electron chi connectivity index (χ2n) is 4.13. The van der Waals surface area contributed by atoms with Gasteiger partial charge in [0.1, 0.15) is 17.2 Å². The molecule has 0 fully saturated rings. The van der Waals surface area contributed by atoms with Crippen LogP contribution in [0.25, 0.3) is 0 Å². The average molecular weight is 342 g/mol. The highest BCUT2D eigenvalue weighted by Gasteiger charge is 2.07. The summed E-state index contributed by atoms with van der Waals surface area (Å²) in [6, 6.07) is 11.5. The number of aryl methyl sites for hydroxylation is 1. The molecular formula is C15H14BrClO2. The van der Waals surface area contributed by atoms with E-state index in [1.54, 1.807) is 7.11 Å². The van der Waals surface area contributed by atoms with Crippen LogP contribution in [-0.4, -0.2) is 7.11 Å². The van der Waals surface area contributed by atoms with Gasteiger partial charge >= 0.3 is 0 Å². The van der Waals surface area contributed by atoms with Crippen LogP contribution in [0.3, 0.4) is 0 Å². The molecule has 100 valence electrons. The highest BCUT2D eigenvalue weighted by atomic mass is 79.9. The third-order valence-corrected chi connectivity index (χ3v) is 3.68. The van der Waals surface area contributed by atoms with Crippen molar-refractivity contribution < 1.29 is 9.47 Å². The Morgan fingerprint density at radius 1 is 1.11 bits per heavy atom. The molecule has 0 aliphatic carbocycles. The number of halogens is 2. The second kappa shape index (κ2) is 6.31. The van der Waals surface area contributed by atoms with Crippen molar-refractivity contribution >= 4 is 27.5 Å². The lowest BCUT2D eigenvalue weighted by atomic mass is 10.1. The van der Waals surface area contributed by atoms with Gasteiger partial charge in [0.05, 0.1) is 11.6 Å². The molecule has 0 aliphatic heterocycles. The minimum absolute atomic E-state index is 0.507. The molecule has 0 aliphatic rings. The molecule has 4 heteroatoms. The molecule has 0 bridgehead atoms. The Morgan fingerprint density at radius 3 is 2.42 bits per heavy atom. The number of rotatable bonds is 4. The smallest absolute Gasteiger partial charge is 0.141 e. The Hall–Kier alpha value is -1.19. The lowest BCUT2D eigenvalue weighted by Crippen LogP contribution is -1.91. The zero-order chi connectivity index (χ0) is 13.8. The molecule has 2 aromatic rings. The van der Waals surface area contributed by atoms with Crippen LogP contribution in [0.5, 0.6) is 17.2 Å². The fourth-order valence-corrected chi connectivity index (χ4v) is 2.32. The van der Waals surface area contributed by atoms with E-state index in [-0.39, 0.29) is 0 Å². The van der Waals surface area contributed by atoms with Crippen LogP contribution in [0, 0.1) is 6.92 Å². The van der Waals surface area contributed by atoms with Crippen molar-refractivity contribution in [3.8, 4) is 17.2 Å². The minimum atomic E-state index is 0.507. The molecule has 2 aromatic carbocycles. The third kappa shape index (κ3) is 3.43. The van der Waals surface area contributed by atoms with Crippen LogP contribution in [0.15, 0.2) is 40.9 Å². The maximum atomic E-state index is 5.89. The molecule has 0 radical (unpaired) electrons. The Kier molecular flexibility index (Phi) is 4.72. The van der Waals surface area contributed by atoms with Gasteiger partial charge < -0.3 is 9.47 Å². The predicted octanol–water partition coefficient (Wildman–Crippen LogP) is 5.30. The molecule has 0 saturated carbocycles. The van der Waals surface area contributed by atoms with Crippen LogP contribution in [0.2, 0.25) is 0 Å². The molecule has 0 atom stereocenters. The highest BCUT2D eigenvalue weighted by Crippen LogP contribution is 2.34. The normalized spacial score (nSPS) is 10.3. The largest absolute Gasteiger partial charge is 0.497 e. The standard InChI is InChI=1S/C15H14BrClO2/c1-10-7-11(9-17)3-5-14(10)19-15-6-4-12(18-2)8-13(15)16/h3-8H,9H2,1-2H3. The average Bonchev–Trinajstić information content (AvgIpc) is 2.42. The maximum absolute atomic E-state index is 5.89. The lowest BCUT2D eigenvalue weighted by Gasteiger charge is -2.12. The number of benzene rings is 2. The van der Waals surface area contributed by atoms with Crippen LogP contribution in [-0.2, 0) is 5.88 Å². The summed E-state index contributed by atoms with van der Waals surface area (Å²) in [5.41, 5.74) is 2.14. The van der Waals surface area contributed by atoms with E-state index in [2.05, 4.69) is 15.9 Å². The van der Waals surface area contributed by atoms with Gasteiger partial charge in [-0.25, -0.2) is 0 Å². The Bertz CT molecular complexity index is 533. The first-order chi connectivity index (χ1) is 9.13. The minimum Gasteiger partial charge on any atom is -0.497 e. The number of ether oxygens (including phenoxy) is 2. The van der Waals surface area contributed by atoms with Crippen LogP contribution in [0.4, 0.5) is 0 Å². The van der Waals surface area contributed by atoms with Gasteiger partial charge in [0, 0.05) is 5.88 Å². The van der Waals surface area contributed by atoms with E-state index >= 15 is 0 Å². The summed E-state index contributed by atoms with van der Waals surface area (Å²) in [4.78, 5) is 0. The van der Waals surface area contributed by atoms with Crippen molar-refractivity contribution in [2.45, 2.75) is 12.8 Å². The first kappa shape index (κ1) is 14.2. The van der Waals surface area contributed by atoms with Gasteiger partial charge in [-0.2, -0.15) is 0 Å². The van der Waals surface area contributed by atoms with Crippen LogP contribution >= 0.6 is 27.5 Å². The molecule has 19 heavy (non-hydrogen) atoms. The summed E-state index contributed by atoms with van der Waals surface area (Å²) in [5.74, 6) is 2.86. The van der Waals surface area contributed by atoms with Gasteiger partial charge in [-0.3, -0.25) is 0 Å². The lowest BCUT2D eigenvalue weighted by molar-refractivity contribution is 0.412. The Labute approximate surface area is 126 Å².